The van der Waals surface area contributed by atoms with Gasteiger partial charge in [0.25, 0.3) is 0 Å². The van der Waals surface area contributed by atoms with Gasteiger partial charge in [-0.2, -0.15) is 0 Å². The fraction of sp³-hybridized carbons (Fsp3) is 0.900. The van der Waals surface area contributed by atoms with Gasteiger partial charge in [0.15, 0.2) is 0 Å². The van der Waals surface area contributed by atoms with Crippen LogP contribution in [0, 0.1) is 28.1 Å². The Morgan fingerprint density at radius 2 is 1.95 bits per heavy atom. The van der Waals surface area contributed by atoms with Crippen LogP contribution in [0.2, 0.25) is 0 Å². The number of epoxide rings is 1. The van der Waals surface area contributed by atoms with Crippen molar-refractivity contribution >= 4 is 0 Å². The summed E-state index contributed by atoms with van der Waals surface area (Å²) in [5, 5.41) is 10.1. The Labute approximate surface area is 135 Å². The van der Waals surface area contributed by atoms with Gasteiger partial charge in [-0.25, -0.2) is 0 Å². The molecule has 0 aromatic heterocycles. The van der Waals surface area contributed by atoms with E-state index in [4.69, 9.17) is 4.74 Å². The molecule has 2 nitrogen and oxygen atoms in total. The van der Waals surface area contributed by atoms with Gasteiger partial charge < -0.3 is 9.84 Å². The van der Waals surface area contributed by atoms with Crippen LogP contribution in [-0.4, -0.2) is 23.4 Å². The van der Waals surface area contributed by atoms with Crippen LogP contribution in [0.15, 0.2) is 12.7 Å². The van der Waals surface area contributed by atoms with E-state index in [0.29, 0.717) is 30.0 Å². The van der Waals surface area contributed by atoms with Gasteiger partial charge in [-0.15, -0.1) is 6.58 Å². The van der Waals surface area contributed by atoms with Gasteiger partial charge in [0.1, 0.15) is 0 Å². The highest BCUT2D eigenvalue weighted by Crippen LogP contribution is 2.72. The number of hydrogen-bond donors (Lipinski definition) is 1. The number of allylic oxidation sites excluding steroid dienone is 1. The Kier molecular flexibility index (Phi) is 3.03. The molecule has 7 atom stereocenters. The summed E-state index contributed by atoms with van der Waals surface area (Å²) in [6.45, 7) is 11.6. The van der Waals surface area contributed by atoms with Crippen molar-refractivity contribution in [3.8, 4) is 0 Å². The van der Waals surface area contributed by atoms with Crippen LogP contribution < -0.4 is 0 Å². The van der Waals surface area contributed by atoms with E-state index in [-0.39, 0.29) is 16.4 Å². The molecule has 0 aromatic rings. The number of fused-ring (bicyclic) bond motifs is 2. The van der Waals surface area contributed by atoms with Crippen LogP contribution in [0.1, 0.15) is 65.7 Å². The van der Waals surface area contributed by atoms with Crippen molar-refractivity contribution in [2.75, 3.05) is 6.61 Å². The van der Waals surface area contributed by atoms with E-state index >= 15 is 0 Å². The zero-order chi connectivity index (χ0) is 15.8. The minimum atomic E-state index is 0.101. The van der Waals surface area contributed by atoms with Crippen molar-refractivity contribution in [3.63, 3.8) is 0 Å². The smallest absolute Gasteiger partial charge is 0.0989 e. The zero-order valence-electron chi connectivity index (χ0n) is 14.5. The summed E-state index contributed by atoms with van der Waals surface area (Å²) < 4.78 is 6.43. The molecule has 22 heavy (non-hydrogen) atoms. The normalized spacial score (nSPS) is 59.9. The molecule has 0 aromatic carbocycles. The summed E-state index contributed by atoms with van der Waals surface area (Å²) in [6.07, 6.45) is 11.2. The molecule has 1 saturated heterocycles. The first kappa shape index (κ1) is 15.2. The van der Waals surface area contributed by atoms with Crippen molar-refractivity contribution < 1.29 is 9.84 Å². The highest BCUT2D eigenvalue weighted by Gasteiger charge is 2.74. The molecular formula is C20H32O2. The van der Waals surface area contributed by atoms with Gasteiger partial charge >= 0.3 is 0 Å². The molecule has 3 saturated carbocycles. The summed E-state index contributed by atoms with van der Waals surface area (Å²) in [5.41, 5.74) is 0.846. The number of hydrogen-bond acceptors (Lipinski definition) is 2. The van der Waals surface area contributed by atoms with E-state index in [1.165, 1.54) is 32.1 Å². The standard InChI is InChI=1S/C20H32O2/c1-5-17(2)10-7-14-19(4)9-6-8-18(3,13-21)15(19)11-16-20(14,12-17)22-16/h5,14-16,21H,1,6-13H2,2-4H3/t14-,15-,16+,17-,18-,19+,20-/m1/s1. The van der Waals surface area contributed by atoms with Crippen molar-refractivity contribution in [1.82, 2.24) is 0 Å². The minimum absolute atomic E-state index is 0.101. The Hall–Kier alpha value is -0.340. The molecule has 4 rings (SSSR count). The van der Waals surface area contributed by atoms with Crippen LogP contribution in [0.3, 0.4) is 0 Å². The first-order chi connectivity index (χ1) is 10.3. The van der Waals surface area contributed by atoms with E-state index in [1.807, 2.05) is 0 Å². The number of aliphatic hydroxyl groups is 1. The quantitative estimate of drug-likeness (QED) is 0.608. The van der Waals surface area contributed by atoms with Crippen LogP contribution in [0.4, 0.5) is 0 Å². The van der Waals surface area contributed by atoms with Gasteiger partial charge in [0.2, 0.25) is 0 Å². The minimum Gasteiger partial charge on any atom is -0.396 e. The monoisotopic (exact) mass is 304 g/mol. The third kappa shape index (κ3) is 1.74. The molecule has 0 bridgehead atoms. The fourth-order valence-electron chi connectivity index (χ4n) is 6.96. The lowest BCUT2D eigenvalue weighted by Gasteiger charge is -2.60. The van der Waals surface area contributed by atoms with Crippen molar-refractivity contribution in [1.29, 1.82) is 0 Å². The predicted molar refractivity (Wildman–Crippen MR) is 88.5 cm³/mol. The third-order valence-corrected chi connectivity index (χ3v) is 8.32. The molecule has 1 heterocycles. The maximum Gasteiger partial charge on any atom is 0.0989 e. The second-order valence-electron chi connectivity index (χ2n) is 9.65. The van der Waals surface area contributed by atoms with Crippen LogP contribution in [0.5, 0.6) is 0 Å². The molecule has 124 valence electrons. The molecule has 0 amide bonds. The van der Waals surface area contributed by atoms with E-state index in [9.17, 15) is 5.11 Å². The first-order valence-electron chi connectivity index (χ1n) is 9.24. The summed E-state index contributed by atoms with van der Waals surface area (Å²) >= 11 is 0. The highest BCUT2D eigenvalue weighted by atomic mass is 16.6. The van der Waals surface area contributed by atoms with E-state index in [2.05, 4.69) is 33.4 Å². The van der Waals surface area contributed by atoms with Gasteiger partial charge in [-0.1, -0.05) is 33.3 Å². The molecule has 2 heteroatoms. The number of rotatable bonds is 2. The molecule has 4 aliphatic rings. The Morgan fingerprint density at radius 3 is 2.64 bits per heavy atom. The molecule has 4 fully saturated rings. The maximum atomic E-state index is 10.1. The predicted octanol–water partition coefficient (Wildman–Crippen LogP) is 4.33. The average Bonchev–Trinajstić information content (AvgIpc) is 3.17. The largest absolute Gasteiger partial charge is 0.396 e. The Morgan fingerprint density at radius 1 is 1.18 bits per heavy atom. The second kappa shape index (κ2) is 4.39. The fourth-order valence-corrected chi connectivity index (χ4v) is 6.96. The first-order valence-corrected chi connectivity index (χ1v) is 9.24. The van der Waals surface area contributed by atoms with Crippen LogP contribution in [0.25, 0.3) is 0 Å². The zero-order valence-corrected chi connectivity index (χ0v) is 14.5. The maximum absolute atomic E-state index is 10.1. The van der Waals surface area contributed by atoms with E-state index < -0.39 is 0 Å². The SMILES string of the molecule is C=C[C@]1(C)CC[C@@H]2[C@]3(C)CCC[C@](C)(CO)[C@H]3C[C@@H]3O[C@@]32C1. The lowest BCUT2D eigenvalue weighted by Crippen LogP contribution is -2.58. The van der Waals surface area contributed by atoms with Gasteiger partial charge in [-0.3, -0.25) is 0 Å². The Balaban J connectivity index is 1.70. The van der Waals surface area contributed by atoms with Gasteiger partial charge in [0.05, 0.1) is 11.7 Å². The molecule has 1 spiro atoms. The average molecular weight is 304 g/mol. The van der Waals surface area contributed by atoms with Crippen LogP contribution in [-0.2, 0) is 4.74 Å². The molecule has 0 unspecified atom stereocenters. The van der Waals surface area contributed by atoms with Crippen molar-refractivity contribution in [3.05, 3.63) is 12.7 Å². The van der Waals surface area contributed by atoms with Crippen molar-refractivity contribution in [2.45, 2.75) is 77.4 Å². The lowest BCUT2D eigenvalue weighted by molar-refractivity contribution is -0.122. The second-order valence-corrected chi connectivity index (χ2v) is 9.65. The summed E-state index contributed by atoms with van der Waals surface area (Å²) in [6, 6.07) is 0. The van der Waals surface area contributed by atoms with E-state index in [0.717, 1.165) is 12.8 Å². The lowest BCUT2D eigenvalue weighted by atomic mass is 9.43. The number of aliphatic hydroxyl groups excluding tert-OH is 1. The number of ether oxygens (including phenoxy) is 1. The molecule has 1 N–H and O–H groups in total. The topological polar surface area (TPSA) is 32.8 Å². The van der Waals surface area contributed by atoms with Gasteiger partial charge in [0, 0.05) is 6.61 Å². The highest BCUT2D eigenvalue weighted by molar-refractivity contribution is 5.24. The van der Waals surface area contributed by atoms with Crippen molar-refractivity contribution in [2.24, 2.45) is 28.1 Å². The molecular weight excluding hydrogens is 272 g/mol. The summed E-state index contributed by atoms with van der Waals surface area (Å²) in [5.74, 6) is 1.31. The Bertz CT molecular complexity index is 502. The third-order valence-electron chi connectivity index (χ3n) is 8.32. The van der Waals surface area contributed by atoms with Gasteiger partial charge in [-0.05, 0) is 66.6 Å². The molecule has 1 aliphatic heterocycles. The van der Waals surface area contributed by atoms with E-state index in [1.54, 1.807) is 0 Å². The summed E-state index contributed by atoms with van der Waals surface area (Å²) in [4.78, 5) is 0. The molecule has 0 radical (unpaired) electrons. The summed E-state index contributed by atoms with van der Waals surface area (Å²) in [7, 11) is 0. The molecule has 3 aliphatic carbocycles. The van der Waals surface area contributed by atoms with Crippen LogP contribution >= 0.6 is 0 Å².